The minimum absolute atomic E-state index is 0.0329. The van der Waals surface area contributed by atoms with Crippen LogP contribution in [-0.4, -0.2) is 23.7 Å². The van der Waals surface area contributed by atoms with Crippen molar-refractivity contribution in [1.82, 2.24) is 5.32 Å². The van der Waals surface area contributed by atoms with Crippen LogP contribution in [0.25, 0.3) is 0 Å². The molecule has 0 aliphatic carbocycles. The van der Waals surface area contributed by atoms with Crippen LogP contribution in [0, 0.1) is 0 Å². The summed E-state index contributed by atoms with van der Waals surface area (Å²) in [6.45, 7) is 4.08. The Morgan fingerprint density at radius 3 is 2.58 bits per heavy atom. The Morgan fingerprint density at radius 1 is 1.42 bits per heavy atom. The van der Waals surface area contributed by atoms with E-state index in [1.54, 1.807) is 6.92 Å². The zero-order chi connectivity index (χ0) is 9.40. The predicted molar refractivity (Wildman–Crippen MR) is 48.8 cm³/mol. The molecule has 0 aromatic rings. The van der Waals surface area contributed by atoms with E-state index >= 15 is 0 Å². The summed E-state index contributed by atoms with van der Waals surface area (Å²) in [5.41, 5.74) is 0. The number of aliphatic hydroxyl groups excluding tert-OH is 1. The quantitative estimate of drug-likeness (QED) is 0.590. The van der Waals surface area contributed by atoms with Gasteiger partial charge in [-0.15, -0.1) is 0 Å². The number of amides is 1. The molecule has 1 amide bonds. The molecule has 0 saturated carbocycles. The molecule has 2 N–H and O–H groups in total. The fourth-order valence-electron chi connectivity index (χ4n) is 1.01. The third-order valence-corrected chi connectivity index (χ3v) is 1.67. The van der Waals surface area contributed by atoms with Gasteiger partial charge in [-0.2, -0.15) is 0 Å². The van der Waals surface area contributed by atoms with Crippen LogP contribution in [0.4, 0.5) is 0 Å². The van der Waals surface area contributed by atoms with Gasteiger partial charge in [-0.1, -0.05) is 12.8 Å². The van der Waals surface area contributed by atoms with Gasteiger partial charge in [-0.05, 0) is 19.8 Å². The number of nitrogens with one attached hydrogen (secondary N) is 1. The molecule has 0 rings (SSSR count). The van der Waals surface area contributed by atoms with Crippen molar-refractivity contribution in [3.05, 3.63) is 0 Å². The second-order valence-electron chi connectivity index (χ2n) is 3.18. The molecule has 72 valence electrons. The van der Waals surface area contributed by atoms with Gasteiger partial charge in [0.25, 0.3) is 0 Å². The van der Waals surface area contributed by atoms with E-state index in [1.165, 1.54) is 6.92 Å². The zero-order valence-electron chi connectivity index (χ0n) is 7.97. The highest BCUT2D eigenvalue weighted by molar-refractivity contribution is 5.72. The minimum Gasteiger partial charge on any atom is -0.393 e. The van der Waals surface area contributed by atoms with Crippen molar-refractivity contribution in [3.63, 3.8) is 0 Å². The van der Waals surface area contributed by atoms with Crippen molar-refractivity contribution >= 4 is 5.91 Å². The molecule has 0 radical (unpaired) electrons. The first-order valence-corrected chi connectivity index (χ1v) is 4.55. The molecule has 0 aliphatic heterocycles. The Bertz CT molecular complexity index is 124. The maximum atomic E-state index is 10.4. The zero-order valence-corrected chi connectivity index (χ0v) is 7.97. The fourth-order valence-corrected chi connectivity index (χ4v) is 1.01. The molecule has 0 aromatic heterocycles. The van der Waals surface area contributed by atoms with Crippen molar-refractivity contribution in [1.29, 1.82) is 0 Å². The topological polar surface area (TPSA) is 49.3 Å². The van der Waals surface area contributed by atoms with Crippen LogP contribution in [0.3, 0.4) is 0 Å². The van der Waals surface area contributed by atoms with E-state index in [-0.39, 0.29) is 12.0 Å². The third kappa shape index (κ3) is 9.43. The van der Waals surface area contributed by atoms with Gasteiger partial charge >= 0.3 is 0 Å². The first-order valence-electron chi connectivity index (χ1n) is 4.55. The van der Waals surface area contributed by atoms with Crippen molar-refractivity contribution in [2.75, 3.05) is 6.54 Å². The molecule has 12 heavy (non-hydrogen) atoms. The SMILES string of the molecule is CC(=O)NCCCCCC(C)O. The molecule has 0 spiro atoms. The lowest BCUT2D eigenvalue weighted by atomic mass is 10.1. The van der Waals surface area contributed by atoms with E-state index in [4.69, 9.17) is 5.11 Å². The van der Waals surface area contributed by atoms with Gasteiger partial charge in [0.15, 0.2) is 0 Å². The lowest BCUT2D eigenvalue weighted by Crippen LogP contribution is -2.20. The standard InChI is InChI=1S/C9H19NO2/c1-8(11)6-4-3-5-7-10-9(2)12/h8,11H,3-7H2,1-2H3,(H,10,12). The highest BCUT2D eigenvalue weighted by atomic mass is 16.3. The van der Waals surface area contributed by atoms with Crippen LogP contribution in [-0.2, 0) is 4.79 Å². The van der Waals surface area contributed by atoms with E-state index in [1.807, 2.05) is 0 Å². The number of hydrogen-bond acceptors (Lipinski definition) is 2. The Balaban J connectivity index is 2.96. The van der Waals surface area contributed by atoms with E-state index < -0.39 is 0 Å². The van der Waals surface area contributed by atoms with Crippen molar-refractivity contribution in [2.45, 2.75) is 45.6 Å². The van der Waals surface area contributed by atoms with Crippen molar-refractivity contribution < 1.29 is 9.90 Å². The van der Waals surface area contributed by atoms with Gasteiger partial charge < -0.3 is 10.4 Å². The highest BCUT2D eigenvalue weighted by Gasteiger charge is 1.95. The Hall–Kier alpha value is -0.570. The van der Waals surface area contributed by atoms with E-state index in [9.17, 15) is 4.79 Å². The normalized spacial score (nSPS) is 12.6. The summed E-state index contributed by atoms with van der Waals surface area (Å²) in [4.78, 5) is 10.4. The van der Waals surface area contributed by atoms with Gasteiger partial charge in [0, 0.05) is 13.5 Å². The first-order chi connectivity index (χ1) is 5.63. The average Bonchev–Trinajstić information content (AvgIpc) is 1.95. The lowest BCUT2D eigenvalue weighted by molar-refractivity contribution is -0.118. The van der Waals surface area contributed by atoms with Crippen LogP contribution in [0.2, 0.25) is 0 Å². The molecule has 3 heteroatoms. The number of hydrogen-bond donors (Lipinski definition) is 2. The molecule has 0 aliphatic rings. The molecule has 0 fully saturated rings. The highest BCUT2D eigenvalue weighted by Crippen LogP contribution is 2.01. The van der Waals surface area contributed by atoms with Crippen LogP contribution in [0.15, 0.2) is 0 Å². The van der Waals surface area contributed by atoms with Crippen LogP contribution in [0.5, 0.6) is 0 Å². The number of rotatable bonds is 6. The summed E-state index contributed by atoms with van der Waals surface area (Å²) < 4.78 is 0. The Kier molecular flexibility index (Phi) is 6.76. The maximum absolute atomic E-state index is 10.4. The van der Waals surface area contributed by atoms with Crippen LogP contribution < -0.4 is 5.32 Å². The molecule has 3 nitrogen and oxygen atoms in total. The third-order valence-electron chi connectivity index (χ3n) is 1.67. The maximum Gasteiger partial charge on any atom is 0.216 e. The number of carbonyl (C=O) groups is 1. The molecular weight excluding hydrogens is 154 g/mol. The summed E-state index contributed by atoms with van der Waals surface area (Å²) in [6.07, 6.45) is 3.79. The van der Waals surface area contributed by atoms with E-state index in [0.29, 0.717) is 0 Å². The fraction of sp³-hybridized carbons (Fsp3) is 0.889. The van der Waals surface area contributed by atoms with Gasteiger partial charge in [0.1, 0.15) is 0 Å². The van der Waals surface area contributed by atoms with Gasteiger partial charge in [0.05, 0.1) is 6.10 Å². The largest absolute Gasteiger partial charge is 0.393 e. The minimum atomic E-state index is -0.189. The second kappa shape index (κ2) is 7.10. The molecule has 1 atom stereocenters. The molecule has 0 heterocycles. The molecule has 0 aromatic carbocycles. The second-order valence-corrected chi connectivity index (χ2v) is 3.18. The Labute approximate surface area is 74.2 Å². The van der Waals surface area contributed by atoms with E-state index in [2.05, 4.69) is 5.32 Å². The van der Waals surface area contributed by atoms with Gasteiger partial charge in [-0.3, -0.25) is 4.79 Å². The summed E-state index contributed by atoms with van der Waals surface area (Å²) in [5.74, 6) is 0.0329. The summed E-state index contributed by atoms with van der Waals surface area (Å²) in [6, 6.07) is 0. The summed E-state index contributed by atoms with van der Waals surface area (Å²) >= 11 is 0. The molecule has 0 bridgehead atoms. The number of carbonyl (C=O) groups excluding carboxylic acids is 1. The number of unbranched alkanes of at least 4 members (excludes halogenated alkanes) is 2. The summed E-state index contributed by atoms with van der Waals surface area (Å²) in [5, 5.41) is 11.7. The smallest absolute Gasteiger partial charge is 0.216 e. The monoisotopic (exact) mass is 173 g/mol. The van der Waals surface area contributed by atoms with E-state index in [0.717, 1.165) is 32.2 Å². The summed E-state index contributed by atoms with van der Waals surface area (Å²) in [7, 11) is 0. The Morgan fingerprint density at radius 2 is 2.08 bits per heavy atom. The molecule has 1 unspecified atom stereocenters. The average molecular weight is 173 g/mol. The lowest BCUT2D eigenvalue weighted by Gasteiger charge is -2.03. The first kappa shape index (κ1) is 11.4. The van der Waals surface area contributed by atoms with Crippen LogP contribution in [0.1, 0.15) is 39.5 Å². The van der Waals surface area contributed by atoms with Gasteiger partial charge in [0.2, 0.25) is 5.91 Å². The molecule has 0 saturated heterocycles. The predicted octanol–water partition coefficient (Wildman–Crippen LogP) is 1.06. The van der Waals surface area contributed by atoms with Crippen molar-refractivity contribution in [3.8, 4) is 0 Å². The van der Waals surface area contributed by atoms with Gasteiger partial charge in [-0.25, -0.2) is 0 Å². The molecular formula is C9H19NO2. The van der Waals surface area contributed by atoms with Crippen molar-refractivity contribution in [2.24, 2.45) is 0 Å². The van der Waals surface area contributed by atoms with Crippen LogP contribution >= 0.6 is 0 Å². The number of aliphatic hydroxyl groups is 1.